The van der Waals surface area contributed by atoms with Gasteiger partial charge in [-0.3, -0.25) is 4.79 Å². The Labute approximate surface area is 259 Å². The third-order valence-corrected chi connectivity index (χ3v) is 9.02. The zero-order valence-electron chi connectivity index (χ0n) is 25.9. The van der Waals surface area contributed by atoms with Gasteiger partial charge in [0.15, 0.2) is 11.3 Å². The van der Waals surface area contributed by atoms with Crippen LogP contribution in [0.1, 0.15) is 84.1 Å². The van der Waals surface area contributed by atoms with Gasteiger partial charge in [-0.2, -0.15) is 15.8 Å². The number of nitriles is 3. The summed E-state index contributed by atoms with van der Waals surface area (Å²) >= 11 is 0. The highest BCUT2D eigenvalue weighted by molar-refractivity contribution is 5.85. The van der Waals surface area contributed by atoms with Gasteiger partial charge in [0, 0.05) is 17.8 Å². The van der Waals surface area contributed by atoms with E-state index in [2.05, 4.69) is 16.3 Å². The molecule has 1 aliphatic carbocycles. The molecule has 1 aromatic rings. The van der Waals surface area contributed by atoms with E-state index < -0.39 is 17.1 Å². The summed E-state index contributed by atoms with van der Waals surface area (Å²) in [4.78, 5) is 26.7. The number of ether oxygens (including phenoxy) is 3. The number of rotatable bonds is 9. The number of nitrogens with zero attached hydrogens (tertiary/aromatic N) is 4. The van der Waals surface area contributed by atoms with E-state index >= 15 is 0 Å². The van der Waals surface area contributed by atoms with Crippen molar-refractivity contribution in [1.82, 2.24) is 5.32 Å². The van der Waals surface area contributed by atoms with Gasteiger partial charge < -0.3 is 24.4 Å². The van der Waals surface area contributed by atoms with Gasteiger partial charge in [-0.1, -0.05) is 25.5 Å². The second kappa shape index (κ2) is 14.3. The molecule has 1 spiro atoms. The monoisotopic (exact) mass is 599 g/mol. The van der Waals surface area contributed by atoms with Crippen molar-refractivity contribution in [2.45, 2.75) is 90.2 Å². The van der Waals surface area contributed by atoms with Crippen molar-refractivity contribution in [2.24, 2.45) is 5.41 Å². The average Bonchev–Trinajstić information content (AvgIpc) is 3.35. The molecular formula is C34H41N5O5. The van der Waals surface area contributed by atoms with Crippen LogP contribution in [0, 0.1) is 39.4 Å². The van der Waals surface area contributed by atoms with Crippen molar-refractivity contribution in [3.05, 3.63) is 46.7 Å². The molecule has 232 valence electrons. The van der Waals surface area contributed by atoms with Crippen LogP contribution in [0.5, 0.6) is 0 Å². The Balaban J connectivity index is 1.44. The van der Waals surface area contributed by atoms with Gasteiger partial charge in [-0.05, 0) is 82.9 Å². The minimum atomic E-state index is -0.724. The molecule has 4 rings (SSSR count). The minimum Gasteiger partial charge on any atom is -0.479 e. The molecule has 1 N–H and O–H groups in total. The maximum absolute atomic E-state index is 12.4. The number of benzene rings is 1. The van der Waals surface area contributed by atoms with Crippen molar-refractivity contribution in [3.8, 4) is 18.2 Å². The van der Waals surface area contributed by atoms with Gasteiger partial charge in [0.2, 0.25) is 0 Å². The molecule has 0 radical (unpaired) electrons. The summed E-state index contributed by atoms with van der Waals surface area (Å²) in [5.74, 6) is -0.201. The van der Waals surface area contributed by atoms with E-state index in [1.54, 1.807) is 0 Å². The molecule has 2 heterocycles. The molecule has 44 heavy (non-hydrogen) atoms. The summed E-state index contributed by atoms with van der Waals surface area (Å²) in [7, 11) is 0. The SMILES string of the molecule is CCC(C)(C)C(=O)OCCNC(=O)OCC1CCCCN1c1ccc(C2=C(C#N)C(=C(C#N)C#N)OC23CCCCC3)cc1. The molecule has 0 aromatic heterocycles. The summed E-state index contributed by atoms with van der Waals surface area (Å²) in [5.41, 5.74) is 1.37. The van der Waals surface area contributed by atoms with Crippen molar-refractivity contribution in [2.75, 3.05) is 31.2 Å². The van der Waals surface area contributed by atoms with Gasteiger partial charge in [0.05, 0.1) is 18.0 Å². The first-order chi connectivity index (χ1) is 21.2. The number of esters is 1. The Kier molecular flexibility index (Phi) is 10.6. The first-order valence-corrected chi connectivity index (χ1v) is 15.5. The summed E-state index contributed by atoms with van der Waals surface area (Å²) in [6, 6.07) is 14.0. The van der Waals surface area contributed by atoms with Gasteiger partial charge in [-0.15, -0.1) is 0 Å². The Morgan fingerprint density at radius 3 is 2.39 bits per heavy atom. The maximum Gasteiger partial charge on any atom is 0.407 e. The summed E-state index contributed by atoms with van der Waals surface area (Å²) < 4.78 is 17.1. The van der Waals surface area contributed by atoms with Gasteiger partial charge in [0.25, 0.3) is 0 Å². The topological polar surface area (TPSA) is 148 Å². The van der Waals surface area contributed by atoms with Gasteiger partial charge in [0.1, 0.15) is 42.6 Å². The lowest BCUT2D eigenvalue weighted by molar-refractivity contribution is -0.153. The molecule has 1 amide bonds. The van der Waals surface area contributed by atoms with Crippen molar-refractivity contribution >= 4 is 23.3 Å². The summed E-state index contributed by atoms with van der Waals surface area (Å²) in [6.45, 7) is 6.87. The number of nitrogens with one attached hydrogen (secondary N) is 1. The van der Waals surface area contributed by atoms with Crippen molar-refractivity contribution < 1.29 is 23.8 Å². The highest BCUT2D eigenvalue weighted by Crippen LogP contribution is 2.52. The van der Waals surface area contributed by atoms with Crippen LogP contribution in [-0.2, 0) is 19.0 Å². The molecule has 1 saturated carbocycles. The lowest BCUT2D eigenvalue weighted by atomic mass is 9.76. The predicted molar refractivity (Wildman–Crippen MR) is 163 cm³/mol. The van der Waals surface area contributed by atoms with Crippen LogP contribution >= 0.6 is 0 Å². The van der Waals surface area contributed by atoms with E-state index in [1.165, 1.54) is 0 Å². The van der Waals surface area contributed by atoms with Crippen LogP contribution < -0.4 is 10.2 Å². The van der Waals surface area contributed by atoms with E-state index in [0.717, 1.165) is 74.7 Å². The van der Waals surface area contributed by atoms with E-state index in [1.807, 2.05) is 57.2 Å². The van der Waals surface area contributed by atoms with Crippen LogP contribution in [0.2, 0.25) is 0 Å². The van der Waals surface area contributed by atoms with Crippen LogP contribution in [0.25, 0.3) is 5.57 Å². The molecule has 2 aliphatic heterocycles. The highest BCUT2D eigenvalue weighted by atomic mass is 16.6. The number of hydrogen-bond donors (Lipinski definition) is 1. The first-order valence-electron chi connectivity index (χ1n) is 15.5. The Morgan fingerprint density at radius 1 is 1.05 bits per heavy atom. The largest absolute Gasteiger partial charge is 0.479 e. The molecule has 2 fully saturated rings. The minimum absolute atomic E-state index is 0.000248. The molecular weight excluding hydrogens is 558 g/mol. The molecule has 1 atom stereocenters. The smallest absolute Gasteiger partial charge is 0.407 e. The number of anilines is 1. The molecule has 1 aromatic carbocycles. The van der Waals surface area contributed by atoms with E-state index in [-0.39, 0.29) is 48.7 Å². The molecule has 0 bridgehead atoms. The lowest BCUT2D eigenvalue weighted by Crippen LogP contribution is -2.44. The average molecular weight is 600 g/mol. The van der Waals surface area contributed by atoms with Gasteiger partial charge in [-0.25, -0.2) is 4.79 Å². The fourth-order valence-corrected chi connectivity index (χ4v) is 6.12. The molecule has 1 saturated heterocycles. The van der Waals surface area contributed by atoms with E-state index in [4.69, 9.17) is 14.2 Å². The van der Waals surface area contributed by atoms with Crippen molar-refractivity contribution in [1.29, 1.82) is 15.8 Å². The van der Waals surface area contributed by atoms with E-state index in [9.17, 15) is 25.4 Å². The Hall–Kier alpha value is -4.49. The van der Waals surface area contributed by atoms with Crippen LogP contribution in [0.15, 0.2) is 41.2 Å². The number of carbonyl (C=O) groups excluding carboxylic acids is 2. The second-order valence-electron chi connectivity index (χ2n) is 12.2. The molecule has 3 aliphatic rings. The quantitative estimate of drug-likeness (QED) is 0.203. The number of hydrogen-bond acceptors (Lipinski definition) is 9. The van der Waals surface area contributed by atoms with Gasteiger partial charge >= 0.3 is 12.1 Å². The fourth-order valence-electron chi connectivity index (χ4n) is 6.12. The molecule has 10 heteroatoms. The van der Waals surface area contributed by atoms with Crippen LogP contribution in [0.3, 0.4) is 0 Å². The number of amides is 1. The normalized spacial score (nSPS) is 19.3. The zero-order valence-corrected chi connectivity index (χ0v) is 25.9. The first kappa shape index (κ1) is 32.4. The van der Waals surface area contributed by atoms with Crippen molar-refractivity contribution in [3.63, 3.8) is 0 Å². The molecule has 10 nitrogen and oxygen atoms in total. The maximum atomic E-state index is 12.4. The number of piperidine rings is 1. The standard InChI is InChI=1S/C34H41N5O5/c1-4-33(2,3)31(40)42-19-17-38-32(41)43-23-27-10-6-9-18-39(27)26-13-11-24(12-14-26)29-28(22-37)30(25(20-35)21-36)44-34(29)15-7-5-8-16-34/h11-14,27H,4-10,15-19,23H2,1-3H3,(H,38,41). The fraction of sp³-hybridized carbons (Fsp3) is 0.559. The third-order valence-electron chi connectivity index (χ3n) is 9.02. The number of carbonyl (C=O) groups is 2. The Bertz CT molecular complexity index is 1400. The number of alkyl carbamates (subject to hydrolysis) is 1. The third kappa shape index (κ3) is 7.00. The second-order valence-corrected chi connectivity index (χ2v) is 12.2. The highest BCUT2D eigenvalue weighted by Gasteiger charge is 2.48. The summed E-state index contributed by atoms with van der Waals surface area (Å²) in [6.07, 6.45) is 7.42. The Morgan fingerprint density at radius 2 is 1.75 bits per heavy atom. The summed E-state index contributed by atoms with van der Waals surface area (Å²) in [5, 5.41) is 31.9. The number of allylic oxidation sites excluding steroid dienone is 2. The van der Waals surface area contributed by atoms with E-state index in [0.29, 0.717) is 6.42 Å². The predicted octanol–water partition coefficient (Wildman–Crippen LogP) is 6.06. The van der Waals surface area contributed by atoms with Crippen LogP contribution in [0.4, 0.5) is 10.5 Å². The molecule has 1 unspecified atom stereocenters. The van der Waals surface area contributed by atoms with Crippen LogP contribution in [-0.4, -0.2) is 50.0 Å². The zero-order chi connectivity index (χ0) is 31.7. The lowest BCUT2D eigenvalue weighted by Gasteiger charge is -2.38.